The van der Waals surface area contributed by atoms with Crippen molar-refractivity contribution in [2.75, 3.05) is 5.75 Å². The van der Waals surface area contributed by atoms with Gasteiger partial charge in [0.15, 0.2) is 5.16 Å². The molecule has 2 aromatic heterocycles. The van der Waals surface area contributed by atoms with Gasteiger partial charge in [0.05, 0.1) is 17.0 Å². The van der Waals surface area contributed by atoms with Gasteiger partial charge in [0.25, 0.3) is 5.56 Å². The van der Waals surface area contributed by atoms with Gasteiger partial charge in [-0.3, -0.25) is 14.2 Å². The number of nitrogens with zero attached hydrogens (tertiary/aromatic N) is 2. The van der Waals surface area contributed by atoms with E-state index in [-0.39, 0.29) is 17.2 Å². The number of hydrogen-bond acceptors (Lipinski definition) is 4. The predicted octanol–water partition coefficient (Wildman–Crippen LogP) is 3.99. The van der Waals surface area contributed by atoms with E-state index >= 15 is 0 Å². The molecule has 0 saturated heterocycles. The number of aromatic amines is 1. The molecule has 2 heterocycles. The Balaban J connectivity index is 1.53. The van der Waals surface area contributed by atoms with Gasteiger partial charge in [-0.05, 0) is 42.7 Å². The molecule has 0 fully saturated rings. The minimum absolute atomic E-state index is 0.108. The molecule has 6 nitrogen and oxygen atoms in total. The molecule has 2 N–H and O–H groups in total. The molecule has 0 radical (unpaired) electrons. The first kappa shape index (κ1) is 20.9. The molecule has 0 atom stereocenters. The topological polar surface area (TPSA) is 79.8 Å². The highest BCUT2D eigenvalue weighted by Crippen LogP contribution is 2.21. The Hall–Kier alpha value is -3.32. The van der Waals surface area contributed by atoms with Crippen LogP contribution in [0, 0.1) is 6.92 Å². The molecule has 158 valence electrons. The molecule has 2 aromatic carbocycles. The molecule has 0 spiro atoms. The number of aryl methyl sites for hydroxylation is 2. The van der Waals surface area contributed by atoms with Gasteiger partial charge >= 0.3 is 0 Å². The average Bonchev–Trinajstić information content (AvgIpc) is 3.18. The van der Waals surface area contributed by atoms with Crippen LogP contribution in [-0.4, -0.2) is 26.2 Å². The first-order chi connectivity index (χ1) is 15.0. The van der Waals surface area contributed by atoms with Gasteiger partial charge in [-0.2, -0.15) is 0 Å². The van der Waals surface area contributed by atoms with Gasteiger partial charge in [-0.25, -0.2) is 4.98 Å². The molecule has 4 rings (SSSR count). The van der Waals surface area contributed by atoms with Crippen LogP contribution in [0.5, 0.6) is 0 Å². The SMILES string of the molecule is CCc1ccc(CNC(=O)CSc2nc3cc(C)[nH]c3c(=O)n2-c2ccccc2)cc1. The van der Waals surface area contributed by atoms with Crippen molar-refractivity contribution in [3.05, 3.63) is 87.8 Å². The van der Waals surface area contributed by atoms with Crippen LogP contribution in [-0.2, 0) is 17.8 Å². The summed E-state index contributed by atoms with van der Waals surface area (Å²) in [6.45, 7) is 4.48. The quantitative estimate of drug-likeness (QED) is 0.342. The number of rotatable bonds is 7. The number of para-hydroxylation sites is 1. The number of aromatic nitrogens is 3. The molecule has 0 bridgehead atoms. The fourth-order valence-electron chi connectivity index (χ4n) is 3.35. The Morgan fingerprint density at radius 1 is 1.10 bits per heavy atom. The Morgan fingerprint density at radius 3 is 2.52 bits per heavy atom. The van der Waals surface area contributed by atoms with E-state index in [1.165, 1.54) is 17.3 Å². The zero-order valence-electron chi connectivity index (χ0n) is 17.5. The summed E-state index contributed by atoms with van der Waals surface area (Å²) in [4.78, 5) is 33.4. The molecule has 0 aliphatic carbocycles. The molecule has 31 heavy (non-hydrogen) atoms. The normalized spacial score (nSPS) is 11.0. The largest absolute Gasteiger partial charge is 0.353 e. The van der Waals surface area contributed by atoms with Gasteiger partial charge in [0.2, 0.25) is 5.91 Å². The number of hydrogen-bond donors (Lipinski definition) is 2. The molecule has 1 amide bonds. The highest BCUT2D eigenvalue weighted by atomic mass is 32.2. The van der Waals surface area contributed by atoms with E-state index in [0.717, 1.165) is 17.7 Å². The Bertz CT molecular complexity index is 1260. The van der Waals surface area contributed by atoms with Crippen molar-refractivity contribution in [1.82, 2.24) is 19.9 Å². The maximum atomic E-state index is 13.1. The van der Waals surface area contributed by atoms with Crippen molar-refractivity contribution in [1.29, 1.82) is 0 Å². The maximum absolute atomic E-state index is 13.1. The molecule has 0 aliphatic rings. The van der Waals surface area contributed by atoms with Crippen LogP contribution < -0.4 is 10.9 Å². The summed E-state index contributed by atoms with van der Waals surface area (Å²) in [6, 6.07) is 19.4. The Kier molecular flexibility index (Phi) is 6.23. The number of fused-ring (bicyclic) bond motifs is 1. The van der Waals surface area contributed by atoms with Crippen molar-refractivity contribution < 1.29 is 4.79 Å². The second-order valence-electron chi connectivity index (χ2n) is 7.32. The van der Waals surface area contributed by atoms with Crippen molar-refractivity contribution in [3.8, 4) is 5.69 Å². The third kappa shape index (κ3) is 4.72. The molecule has 0 aliphatic heterocycles. The maximum Gasteiger partial charge on any atom is 0.283 e. The molecular weight excluding hydrogens is 408 g/mol. The van der Waals surface area contributed by atoms with Crippen LogP contribution in [0.15, 0.2) is 70.6 Å². The van der Waals surface area contributed by atoms with Crippen molar-refractivity contribution in [2.24, 2.45) is 0 Å². The first-order valence-corrected chi connectivity index (χ1v) is 11.2. The van der Waals surface area contributed by atoms with Crippen LogP contribution in [0.3, 0.4) is 0 Å². The third-order valence-electron chi connectivity index (χ3n) is 5.02. The van der Waals surface area contributed by atoms with E-state index in [4.69, 9.17) is 0 Å². The lowest BCUT2D eigenvalue weighted by Crippen LogP contribution is -2.26. The van der Waals surface area contributed by atoms with Crippen molar-refractivity contribution >= 4 is 28.7 Å². The zero-order valence-corrected chi connectivity index (χ0v) is 18.3. The highest BCUT2D eigenvalue weighted by Gasteiger charge is 2.16. The summed E-state index contributed by atoms with van der Waals surface area (Å²) in [5.41, 5.74) is 4.80. The fraction of sp³-hybridized carbons (Fsp3) is 0.208. The average molecular weight is 433 g/mol. The highest BCUT2D eigenvalue weighted by molar-refractivity contribution is 7.99. The predicted molar refractivity (Wildman–Crippen MR) is 125 cm³/mol. The lowest BCUT2D eigenvalue weighted by Gasteiger charge is -2.12. The lowest BCUT2D eigenvalue weighted by atomic mass is 10.1. The fourth-order valence-corrected chi connectivity index (χ4v) is 4.20. The van der Waals surface area contributed by atoms with E-state index in [0.29, 0.717) is 28.4 Å². The number of thioether (sulfide) groups is 1. The summed E-state index contributed by atoms with van der Waals surface area (Å²) >= 11 is 1.26. The van der Waals surface area contributed by atoms with Crippen LogP contribution >= 0.6 is 11.8 Å². The lowest BCUT2D eigenvalue weighted by molar-refractivity contribution is -0.118. The van der Waals surface area contributed by atoms with Crippen molar-refractivity contribution in [2.45, 2.75) is 32.0 Å². The van der Waals surface area contributed by atoms with E-state index < -0.39 is 0 Å². The number of benzene rings is 2. The van der Waals surface area contributed by atoms with Crippen LogP contribution in [0.2, 0.25) is 0 Å². The number of carbonyl (C=O) groups excluding carboxylic acids is 1. The summed E-state index contributed by atoms with van der Waals surface area (Å²) in [5.74, 6) is 0.0603. The Labute approximate surface area is 184 Å². The van der Waals surface area contributed by atoms with E-state index in [1.54, 1.807) is 4.57 Å². The summed E-state index contributed by atoms with van der Waals surface area (Å²) in [5, 5.41) is 3.43. The van der Waals surface area contributed by atoms with Crippen LogP contribution in [0.25, 0.3) is 16.7 Å². The second kappa shape index (κ2) is 9.22. The van der Waals surface area contributed by atoms with E-state index in [1.807, 2.05) is 55.5 Å². The summed E-state index contributed by atoms with van der Waals surface area (Å²) in [7, 11) is 0. The van der Waals surface area contributed by atoms with Gasteiger partial charge in [0, 0.05) is 12.2 Å². The number of nitrogens with one attached hydrogen (secondary N) is 2. The van der Waals surface area contributed by atoms with Gasteiger partial charge in [0.1, 0.15) is 5.52 Å². The van der Waals surface area contributed by atoms with E-state index in [9.17, 15) is 9.59 Å². The Morgan fingerprint density at radius 2 is 1.81 bits per heavy atom. The van der Waals surface area contributed by atoms with Crippen molar-refractivity contribution in [3.63, 3.8) is 0 Å². The van der Waals surface area contributed by atoms with Gasteiger partial charge in [-0.15, -0.1) is 0 Å². The molecule has 4 aromatic rings. The minimum atomic E-state index is -0.178. The first-order valence-electron chi connectivity index (χ1n) is 10.2. The monoisotopic (exact) mass is 432 g/mol. The molecular formula is C24H24N4O2S. The second-order valence-corrected chi connectivity index (χ2v) is 8.26. The van der Waals surface area contributed by atoms with Crippen LogP contribution in [0.1, 0.15) is 23.7 Å². The van der Waals surface area contributed by atoms with Gasteiger partial charge < -0.3 is 10.3 Å². The zero-order chi connectivity index (χ0) is 21.8. The van der Waals surface area contributed by atoms with Crippen LogP contribution in [0.4, 0.5) is 0 Å². The molecule has 7 heteroatoms. The number of amides is 1. The third-order valence-corrected chi connectivity index (χ3v) is 5.96. The standard InChI is InChI=1S/C24H24N4O2S/c1-3-17-9-11-18(12-10-17)14-25-21(29)15-31-24-27-20-13-16(2)26-22(20)23(30)28(24)19-7-5-4-6-8-19/h4-13,26H,3,14-15H2,1-2H3,(H,25,29). The molecule has 0 saturated carbocycles. The van der Waals surface area contributed by atoms with Gasteiger partial charge in [-0.1, -0.05) is 61.2 Å². The summed E-state index contributed by atoms with van der Waals surface area (Å²) < 4.78 is 1.56. The number of H-pyrrole nitrogens is 1. The van der Waals surface area contributed by atoms with E-state index in [2.05, 4.69) is 34.3 Å². The minimum Gasteiger partial charge on any atom is -0.353 e. The number of carbonyl (C=O) groups is 1. The molecule has 0 unspecified atom stereocenters. The summed E-state index contributed by atoms with van der Waals surface area (Å²) in [6.07, 6.45) is 0.990. The smallest absolute Gasteiger partial charge is 0.283 e.